The Bertz CT molecular complexity index is 381. The number of hydrogen-bond donors (Lipinski definition) is 2. The number of nitrogen functional groups attached to an aromatic ring is 1. The summed E-state index contributed by atoms with van der Waals surface area (Å²) in [4.78, 5) is 18.0. The Morgan fingerprint density at radius 2 is 2.29 bits per heavy atom. The summed E-state index contributed by atoms with van der Waals surface area (Å²) in [6, 6.07) is 5.38. The number of hydrogen-bond acceptors (Lipinski definition) is 4. The summed E-state index contributed by atoms with van der Waals surface area (Å²) in [7, 11) is 1.80. The standard InChI is InChI=1S/C12H20N4O/c1-4-6-9(2)16(3)12(17)10-7-5-8-11(14-10)15-13/h5,7-9H,4,6,13H2,1-3H3,(H,14,15). The molecule has 0 saturated heterocycles. The lowest BCUT2D eigenvalue weighted by Gasteiger charge is -2.24. The number of pyridine rings is 1. The van der Waals surface area contributed by atoms with E-state index in [1.54, 1.807) is 30.1 Å². The highest BCUT2D eigenvalue weighted by Crippen LogP contribution is 2.10. The maximum absolute atomic E-state index is 12.1. The third-order valence-electron chi connectivity index (χ3n) is 2.80. The molecule has 1 amide bonds. The summed E-state index contributed by atoms with van der Waals surface area (Å²) in [5.41, 5.74) is 2.84. The molecule has 0 fully saturated rings. The van der Waals surface area contributed by atoms with Crippen LogP contribution in [-0.2, 0) is 0 Å². The van der Waals surface area contributed by atoms with E-state index in [0.717, 1.165) is 12.8 Å². The highest BCUT2D eigenvalue weighted by atomic mass is 16.2. The Morgan fingerprint density at radius 1 is 1.59 bits per heavy atom. The summed E-state index contributed by atoms with van der Waals surface area (Å²) >= 11 is 0. The highest BCUT2D eigenvalue weighted by Gasteiger charge is 2.17. The molecule has 0 aliphatic rings. The second kappa shape index (κ2) is 6.20. The number of nitrogens with two attached hydrogens (primary N) is 1. The number of anilines is 1. The van der Waals surface area contributed by atoms with E-state index in [-0.39, 0.29) is 11.9 Å². The summed E-state index contributed by atoms with van der Waals surface area (Å²) in [5, 5.41) is 0. The number of hydrazine groups is 1. The molecule has 0 radical (unpaired) electrons. The average molecular weight is 236 g/mol. The van der Waals surface area contributed by atoms with Crippen LogP contribution in [-0.4, -0.2) is 28.9 Å². The zero-order valence-corrected chi connectivity index (χ0v) is 10.6. The molecule has 5 heteroatoms. The zero-order valence-electron chi connectivity index (χ0n) is 10.6. The molecule has 0 spiro atoms. The van der Waals surface area contributed by atoms with Gasteiger partial charge in [0.15, 0.2) is 0 Å². The first kappa shape index (κ1) is 13.4. The van der Waals surface area contributed by atoms with Crippen molar-refractivity contribution in [1.29, 1.82) is 0 Å². The minimum absolute atomic E-state index is 0.0805. The van der Waals surface area contributed by atoms with Crippen molar-refractivity contribution in [2.75, 3.05) is 12.5 Å². The minimum Gasteiger partial charge on any atom is -0.338 e. The van der Waals surface area contributed by atoms with Gasteiger partial charge in [-0.2, -0.15) is 0 Å². The van der Waals surface area contributed by atoms with E-state index in [1.807, 2.05) is 6.92 Å². The lowest BCUT2D eigenvalue weighted by Crippen LogP contribution is -2.35. The summed E-state index contributed by atoms with van der Waals surface area (Å²) in [5.74, 6) is 5.68. The molecule has 1 rings (SSSR count). The Morgan fingerprint density at radius 3 is 2.88 bits per heavy atom. The van der Waals surface area contributed by atoms with Gasteiger partial charge in [0.25, 0.3) is 5.91 Å². The summed E-state index contributed by atoms with van der Waals surface area (Å²) in [6.07, 6.45) is 2.04. The molecular formula is C12H20N4O. The van der Waals surface area contributed by atoms with Crippen molar-refractivity contribution in [3.8, 4) is 0 Å². The Hall–Kier alpha value is -1.62. The molecule has 1 aromatic rings. The van der Waals surface area contributed by atoms with Crippen LogP contribution < -0.4 is 11.3 Å². The fraction of sp³-hybridized carbons (Fsp3) is 0.500. The molecule has 0 aromatic carbocycles. The quantitative estimate of drug-likeness (QED) is 0.602. The highest BCUT2D eigenvalue weighted by molar-refractivity contribution is 5.92. The van der Waals surface area contributed by atoms with E-state index in [1.165, 1.54) is 0 Å². The van der Waals surface area contributed by atoms with Crippen LogP contribution in [0, 0.1) is 0 Å². The lowest BCUT2D eigenvalue weighted by atomic mass is 10.1. The van der Waals surface area contributed by atoms with Crippen molar-refractivity contribution >= 4 is 11.7 Å². The van der Waals surface area contributed by atoms with Gasteiger partial charge in [0.2, 0.25) is 0 Å². The molecular weight excluding hydrogens is 216 g/mol. The van der Waals surface area contributed by atoms with Gasteiger partial charge in [0.1, 0.15) is 11.5 Å². The number of amides is 1. The molecule has 0 aliphatic heterocycles. The Balaban J connectivity index is 2.80. The number of nitrogens with zero attached hydrogens (tertiary/aromatic N) is 2. The van der Waals surface area contributed by atoms with Crippen molar-refractivity contribution in [3.05, 3.63) is 23.9 Å². The fourth-order valence-corrected chi connectivity index (χ4v) is 1.63. The SMILES string of the molecule is CCCC(C)N(C)C(=O)c1cccc(NN)n1. The topological polar surface area (TPSA) is 71.2 Å². The molecule has 1 atom stereocenters. The van der Waals surface area contributed by atoms with Gasteiger partial charge in [-0.15, -0.1) is 0 Å². The largest absolute Gasteiger partial charge is 0.338 e. The molecule has 3 N–H and O–H groups in total. The van der Waals surface area contributed by atoms with Crippen LogP contribution in [0.4, 0.5) is 5.82 Å². The predicted molar refractivity (Wildman–Crippen MR) is 68.5 cm³/mol. The van der Waals surface area contributed by atoms with Gasteiger partial charge < -0.3 is 10.3 Å². The molecule has 1 aromatic heterocycles. The first-order chi connectivity index (χ1) is 8.10. The van der Waals surface area contributed by atoms with E-state index >= 15 is 0 Å². The number of carbonyl (C=O) groups is 1. The van der Waals surface area contributed by atoms with E-state index in [9.17, 15) is 4.79 Å². The van der Waals surface area contributed by atoms with Crippen LogP contribution in [0.1, 0.15) is 37.2 Å². The van der Waals surface area contributed by atoms with Crippen LogP contribution in [0.15, 0.2) is 18.2 Å². The number of carbonyl (C=O) groups excluding carboxylic acids is 1. The van der Waals surface area contributed by atoms with Crippen molar-refractivity contribution < 1.29 is 4.79 Å². The number of aromatic nitrogens is 1. The van der Waals surface area contributed by atoms with Crippen molar-refractivity contribution in [2.45, 2.75) is 32.7 Å². The molecule has 17 heavy (non-hydrogen) atoms. The van der Waals surface area contributed by atoms with E-state index in [4.69, 9.17) is 5.84 Å². The maximum atomic E-state index is 12.1. The predicted octanol–water partition coefficient (Wildman–Crippen LogP) is 1.63. The Labute approximate surface area is 102 Å². The molecule has 0 saturated carbocycles. The lowest BCUT2D eigenvalue weighted by molar-refractivity contribution is 0.0731. The molecule has 1 unspecified atom stereocenters. The van der Waals surface area contributed by atoms with Crippen molar-refractivity contribution in [1.82, 2.24) is 9.88 Å². The van der Waals surface area contributed by atoms with Gasteiger partial charge in [-0.3, -0.25) is 4.79 Å². The second-order valence-corrected chi connectivity index (χ2v) is 4.11. The molecule has 5 nitrogen and oxygen atoms in total. The number of rotatable bonds is 5. The van der Waals surface area contributed by atoms with Gasteiger partial charge in [-0.1, -0.05) is 19.4 Å². The van der Waals surface area contributed by atoms with Crippen molar-refractivity contribution in [2.24, 2.45) is 5.84 Å². The van der Waals surface area contributed by atoms with Crippen LogP contribution in [0.3, 0.4) is 0 Å². The van der Waals surface area contributed by atoms with Crippen LogP contribution in [0.2, 0.25) is 0 Å². The van der Waals surface area contributed by atoms with Crippen LogP contribution in [0.25, 0.3) is 0 Å². The van der Waals surface area contributed by atoms with Gasteiger partial charge in [0, 0.05) is 13.1 Å². The maximum Gasteiger partial charge on any atom is 0.272 e. The van der Waals surface area contributed by atoms with E-state index in [0.29, 0.717) is 11.5 Å². The van der Waals surface area contributed by atoms with E-state index in [2.05, 4.69) is 17.3 Å². The third kappa shape index (κ3) is 3.42. The molecule has 0 bridgehead atoms. The monoisotopic (exact) mass is 236 g/mol. The first-order valence-corrected chi connectivity index (χ1v) is 5.81. The van der Waals surface area contributed by atoms with Crippen molar-refractivity contribution in [3.63, 3.8) is 0 Å². The van der Waals surface area contributed by atoms with Crippen LogP contribution in [0.5, 0.6) is 0 Å². The molecule has 0 aliphatic carbocycles. The second-order valence-electron chi connectivity index (χ2n) is 4.11. The van der Waals surface area contributed by atoms with Gasteiger partial charge in [-0.25, -0.2) is 10.8 Å². The van der Waals surface area contributed by atoms with E-state index < -0.39 is 0 Å². The van der Waals surface area contributed by atoms with Crippen LogP contribution >= 0.6 is 0 Å². The smallest absolute Gasteiger partial charge is 0.272 e. The zero-order chi connectivity index (χ0) is 12.8. The molecule has 94 valence electrons. The first-order valence-electron chi connectivity index (χ1n) is 5.81. The summed E-state index contributed by atoms with van der Waals surface area (Å²) < 4.78 is 0. The fourth-order valence-electron chi connectivity index (χ4n) is 1.63. The Kier molecular flexibility index (Phi) is 4.90. The summed E-state index contributed by atoms with van der Waals surface area (Å²) in [6.45, 7) is 4.14. The normalized spacial score (nSPS) is 12.0. The minimum atomic E-state index is -0.0805. The molecule has 1 heterocycles. The van der Waals surface area contributed by atoms with Gasteiger partial charge in [-0.05, 0) is 25.5 Å². The third-order valence-corrected chi connectivity index (χ3v) is 2.80. The average Bonchev–Trinajstić information content (AvgIpc) is 2.37. The van der Waals surface area contributed by atoms with Gasteiger partial charge in [0.05, 0.1) is 0 Å². The number of nitrogens with one attached hydrogen (secondary N) is 1. The van der Waals surface area contributed by atoms with Gasteiger partial charge >= 0.3 is 0 Å².